The number of benzene rings is 2. The van der Waals surface area contributed by atoms with Gasteiger partial charge in [0.15, 0.2) is 0 Å². The molecule has 25 heavy (non-hydrogen) atoms. The van der Waals surface area contributed by atoms with Crippen LogP contribution in [0.3, 0.4) is 0 Å². The number of hydrogen-bond acceptors (Lipinski definition) is 4. The molecule has 128 valence electrons. The monoisotopic (exact) mass is 392 g/mol. The number of carbonyl (C=O) groups is 1. The summed E-state index contributed by atoms with van der Waals surface area (Å²) >= 11 is 13.4. The minimum atomic E-state index is -0.213. The highest BCUT2D eigenvalue weighted by atomic mass is 35.5. The number of rotatable bonds is 5. The average molecular weight is 393 g/mol. The number of anilines is 1. The molecule has 1 amide bonds. The molecule has 1 heterocycles. The number of amides is 1. The van der Waals surface area contributed by atoms with Crippen LogP contribution in [0.1, 0.15) is 21.8 Å². The summed E-state index contributed by atoms with van der Waals surface area (Å²) in [6, 6.07) is 14.3. The van der Waals surface area contributed by atoms with Crippen molar-refractivity contribution in [2.75, 3.05) is 5.32 Å². The largest absolute Gasteiger partial charge is 0.360 e. The first-order valence-electron chi connectivity index (χ1n) is 7.43. The molecule has 0 aliphatic carbocycles. The van der Waals surface area contributed by atoms with Gasteiger partial charge in [0.1, 0.15) is 5.76 Å². The Labute approximate surface area is 159 Å². The van der Waals surface area contributed by atoms with Crippen LogP contribution in [0.25, 0.3) is 0 Å². The SMILES string of the molecule is Cc1cc(CSc2ccccc2C(=O)Nc2ccc(Cl)c(Cl)c2)on1. The number of halogens is 2. The van der Waals surface area contributed by atoms with E-state index in [4.69, 9.17) is 27.7 Å². The molecule has 2 aromatic carbocycles. The Morgan fingerprint density at radius 3 is 2.68 bits per heavy atom. The lowest BCUT2D eigenvalue weighted by molar-refractivity contribution is 0.102. The number of aryl methyl sites for hydroxylation is 1. The van der Waals surface area contributed by atoms with Gasteiger partial charge in [0, 0.05) is 16.6 Å². The number of nitrogens with one attached hydrogen (secondary N) is 1. The van der Waals surface area contributed by atoms with Gasteiger partial charge in [0.2, 0.25) is 0 Å². The smallest absolute Gasteiger partial charge is 0.256 e. The van der Waals surface area contributed by atoms with Crippen LogP contribution < -0.4 is 5.32 Å². The van der Waals surface area contributed by atoms with Gasteiger partial charge < -0.3 is 9.84 Å². The van der Waals surface area contributed by atoms with Crippen molar-refractivity contribution < 1.29 is 9.32 Å². The molecule has 3 rings (SSSR count). The van der Waals surface area contributed by atoms with E-state index in [1.807, 2.05) is 31.2 Å². The van der Waals surface area contributed by atoms with Crippen molar-refractivity contribution in [3.63, 3.8) is 0 Å². The molecule has 0 spiro atoms. The second-order valence-corrected chi connectivity index (χ2v) is 7.13. The molecule has 1 N–H and O–H groups in total. The third kappa shape index (κ3) is 4.57. The second kappa shape index (κ2) is 7.95. The van der Waals surface area contributed by atoms with Gasteiger partial charge in [-0.2, -0.15) is 0 Å². The summed E-state index contributed by atoms with van der Waals surface area (Å²) in [7, 11) is 0. The molecule has 3 aromatic rings. The van der Waals surface area contributed by atoms with Gasteiger partial charge in [0.05, 0.1) is 27.1 Å². The first-order chi connectivity index (χ1) is 12.0. The molecule has 4 nitrogen and oxygen atoms in total. The fraction of sp³-hybridized carbons (Fsp3) is 0.111. The van der Waals surface area contributed by atoms with Crippen LogP contribution in [0.15, 0.2) is 57.9 Å². The first kappa shape index (κ1) is 17.9. The maximum Gasteiger partial charge on any atom is 0.256 e. The Hall–Kier alpha value is -1.95. The fourth-order valence-corrected chi connectivity index (χ4v) is 3.41. The van der Waals surface area contributed by atoms with Gasteiger partial charge in [-0.15, -0.1) is 11.8 Å². The minimum absolute atomic E-state index is 0.213. The maximum atomic E-state index is 12.6. The second-order valence-electron chi connectivity index (χ2n) is 5.30. The summed E-state index contributed by atoms with van der Waals surface area (Å²) in [5, 5.41) is 7.54. The zero-order valence-corrected chi connectivity index (χ0v) is 15.6. The van der Waals surface area contributed by atoms with Crippen LogP contribution in [-0.4, -0.2) is 11.1 Å². The van der Waals surface area contributed by atoms with Crippen molar-refractivity contribution >= 4 is 46.6 Å². The van der Waals surface area contributed by atoms with Crippen molar-refractivity contribution in [2.45, 2.75) is 17.6 Å². The third-order valence-corrected chi connectivity index (χ3v) is 5.19. The Morgan fingerprint density at radius 1 is 1.16 bits per heavy atom. The van der Waals surface area contributed by atoms with Crippen LogP contribution in [0.5, 0.6) is 0 Å². The normalized spacial score (nSPS) is 10.7. The van der Waals surface area contributed by atoms with E-state index in [1.165, 1.54) is 11.8 Å². The van der Waals surface area contributed by atoms with Crippen molar-refractivity contribution in [1.29, 1.82) is 0 Å². The average Bonchev–Trinajstić information content (AvgIpc) is 3.02. The highest BCUT2D eigenvalue weighted by molar-refractivity contribution is 7.98. The molecular formula is C18H14Cl2N2O2S. The Bertz CT molecular complexity index is 912. The molecule has 0 radical (unpaired) electrons. The fourth-order valence-electron chi connectivity index (χ4n) is 2.19. The van der Waals surface area contributed by atoms with Crippen molar-refractivity contribution in [1.82, 2.24) is 5.16 Å². The highest BCUT2D eigenvalue weighted by Crippen LogP contribution is 2.28. The number of hydrogen-bond donors (Lipinski definition) is 1. The number of thioether (sulfide) groups is 1. The number of nitrogens with zero attached hydrogens (tertiary/aromatic N) is 1. The summed E-state index contributed by atoms with van der Waals surface area (Å²) in [4.78, 5) is 13.5. The van der Waals surface area contributed by atoms with Crippen LogP contribution in [0.4, 0.5) is 5.69 Å². The van der Waals surface area contributed by atoms with Crippen molar-refractivity contribution in [2.24, 2.45) is 0 Å². The van der Waals surface area contributed by atoms with E-state index in [0.717, 1.165) is 16.3 Å². The van der Waals surface area contributed by atoms with E-state index in [0.29, 0.717) is 27.0 Å². The van der Waals surface area contributed by atoms with Crippen LogP contribution in [0, 0.1) is 6.92 Å². The molecule has 0 bridgehead atoms. The van der Waals surface area contributed by atoms with E-state index in [1.54, 1.807) is 24.3 Å². The van der Waals surface area contributed by atoms with E-state index < -0.39 is 0 Å². The molecule has 7 heteroatoms. The summed E-state index contributed by atoms with van der Waals surface area (Å²) in [6.45, 7) is 1.87. The van der Waals surface area contributed by atoms with E-state index >= 15 is 0 Å². The predicted molar refractivity (Wildman–Crippen MR) is 102 cm³/mol. The third-order valence-electron chi connectivity index (χ3n) is 3.36. The van der Waals surface area contributed by atoms with Crippen LogP contribution in [0.2, 0.25) is 10.0 Å². The Morgan fingerprint density at radius 2 is 1.96 bits per heavy atom. The standard InChI is InChI=1S/C18H14Cl2N2O2S/c1-11-8-13(24-22-11)10-25-17-5-3-2-4-14(17)18(23)21-12-6-7-15(19)16(20)9-12/h2-9H,10H2,1H3,(H,21,23). The molecular weight excluding hydrogens is 379 g/mol. The Balaban J connectivity index is 1.74. The molecule has 0 aliphatic heterocycles. The summed E-state index contributed by atoms with van der Waals surface area (Å²) in [5.74, 6) is 1.15. The van der Waals surface area contributed by atoms with E-state index in [-0.39, 0.29) is 5.91 Å². The summed E-state index contributed by atoms with van der Waals surface area (Å²) in [6.07, 6.45) is 0. The van der Waals surface area contributed by atoms with Gasteiger partial charge >= 0.3 is 0 Å². The van der Waals surface area contributed by atoms with Crippen molar-refractivity contribution in [3.05, 3.63) is 75.6 Å². The molecule has 0 aliphatic rings. The topological polar surface area (TPSA) is 55.1 Å². The quantitative estimate of drug-likeness (QED) is 0.554. The molecule has 0 saturated heterocycles. The molecule has 0 atom stereocenters. The zero-order valence-electron chi connectivity index (χ0n) is 13.3. The van der Waals surface area contributed by atoms with Gasteiger partial charge in [-0.25, -0.2) is 0 Å². The molecule has 0 fully saturated rings. The maximum absolute atomic E-state index is 12.6. The van der Waals surface area contributed by atoms with E-state index in [2.05, 4.69) is 10.5 Å². The lowest BCUT2D eigenvalue weighted by Gasteiger charge is -2.10. The van der Waals surface area contributed by atoms with Crippen molar-refractivity contribution in [3.8, 4) is 0 Å². The lowest BCUT2D eigenvalue weighted by Crippen LogP contribution is -2.13. The van der Waals surface area contributed by atoms with Gasteiger partial charge in [-0.05, 0) is 37.3 Å². The molecule has 0 unspecified atom stereocenters. The molecule has 0 saturated carbocycles. The van der Waals surface area contributed by atoms with Gasteiger partial charge in [-0.3, -0.25) is 4.79 Å². The van der Waals surface area contributed by atoms with E-state index in [9.17, 15) is 4.79 Å². The number of carbonyl (C=O) groups excluding carboxylic acids is 1. The van der Waals surface area contributed by atoms with Gasteiger partial charge in [-0.1, -0.05) is 40.5 Å². The number of aromatic nitrogens is 1. The Kier molecular flexibility index (Phi) is 5.68. The minimum Gasteiger partial charge on any atom is -0.360 e. The molecule has 1 aromatic heterocycles. The van der Waals surface area contributed by atoms with Crippen LogP contribution in [-0.2, 0) is 5.75 Å². The van der Waals surface area contributed by atoms with Crippen LogP contribution >= 0.6 is 35.0 Å². The zero-order chi connectivity index (χ0) is 17.8. The summed E-state index contributed by atoms with van der Waals surface area (Å²) in [5.41, 5.74) is 2.00. The predicted octanol–water partition coefficient (Wildman–Crippen LogP) is 5.83. The summed E-state index contributed by atoms with van der Waals surface area (Å²) < 4.78 is 5.21. The highest BCUT2D eigenvalue weighted by Gasteiger charge is 2.13. The van der Waals surface area contributed by atoms with Gasteiger partial charge in [0.25, 0.3) is 5.91 Å². The lowest BCUT2D eigenvalue weighted by atomic mass is 10.2. The first-order valence-corrected chi connectivity index (χ1v) is 9.17.